The van der Waals surface area contributed by atoms with Crippen molar-refractivity contribution in [3.05, 3.63) is 40.9 Å². The second kappa shape index (κ2) is 3.99. The zero-order valence-electron chi connectivity index (χ0n) is 8.28. The average Bonchev–Trinajstić information content (AvgIpc) is 2.71. The molecule has 0 saturated carbocycles. The van der Waals surface area contributed by atoms with Gasteiger partial charge in [0.2, 0.25) is 0 Å². The summed E-state index contributed by atoms with van der Waals surface area (Å²) in [4.78, 5) is 5.52. The van der Waals surface area contributed by atoms with E-state index in [1.165, 1.54) is 10.6 Å². The molecule has 0 aliphatic carbocycles. The summed E-state index contributed by atoms with van der Waals surface area (Å²) in [5, 5.41) is 0.771. The van der Waals surface area contributed by atoms with Crippen LogP contribution in [0.3, 0.4) is 0 Å². The van der Waals surface area contributed by atoms with Gasteiger partial charge in [-0.25, -0.2) is 4.98 Å². The van der Waals surface area contributed by atoms with Gasteiger partial charge in [-0.15, -0.1) is 23.4 Å². The van der Waals surface area contributed by atoms with Crippen molar-refractivity contribution in [2.24, 2.45) is 0 Å². The summed E-state index contributed by atoms with van der Waals surface area (Å²) in [5.41, 5.74) is 3.30. The molecule has 0 fully saturated rings. The summed E-state index contributed by atoms with van der Waals surface area (Å²) < 4.78 is 2.10. The van der Waals surface area contributed by atoms with Crippen molar-refractivity contribution < 1.29 is 0 Å². The number of benzene rings is 1. The number of rotatable bonds is 1. The minimum Gasteiger partial charge on any atom is -0.301 e. The number of hydrogen-bond acceptors (Lipinski definition) is 2. The first-order chi connectivity index (χ1) is 7.79. The Balaban J connectivity index is 2.20. The lowest BCUT2D eigenvalue weighted by atomic mass is 10.3. The van der Waals surface area contributed by atoms with Gasteiger partial charge in [-0.3, -0.25) is 0 Å². The second-order valence-corrected chi connectivity index (χ2v) is 5.26. The molecule has 5 heteroatoms. The molecule has 1 aliphatic heterocycles. The zero-order valence-corrected chi connectivity index (χ0v) is 10.6. The molecule has 82 valence electrons. The Kier molecular flexibility index (Phi) is 2.62. The fraction of sp³-hybridized carbons (Fsp3) is 0.182. The molecule has 3 rings (SSSR count). The van der Waals surface area contributed by atoms with Crippen LogP contribution >= 0.6 is 35.0 Å². The predicted octanol–water partition coefficient (Wildman–Crippen LogP) is 3.87. The van der Waals surface area contributed by atoms with Crippen LogP contribution in [0.5, 0.6) is 0 Å². The van der Waals surface area contributed by atoms with E-state index in [1.807, 2.05) is 24.5 Å². The Morgan fingerprint density at radius 1 is 1.44 bits per heavy atom. The Hall–Kier alpha value is -0.640. The van der Waals surface area contributed by atoms with Crippen molar-refractivity contribution in [3.63, 3.8) is 0 Å². The summed E-state index contributed by atoms with van der Waals surface area (Å²) in [7, 11) is 0. The van der Waals surface area contributed by atoms with Crippen LogP contribution in [0.1, 0.15) is 11.4 Å². The molecule has 0 atom stereocenters. The Morgan fingerprint density at radius 3 is 3.12 bits per heavy atom. The molecule has 0 amide bonds. The molecular weight excluding hydrogens is 263 g/mol. The lowest BCUT2D eigenvalue weighted by molar-refractivity contribution is 0.945. The van der Waals surface area contributed by atoms with E-state index in [9.17, 15) is 0 Å². The molecule has 0 saturated heterocycles. The monoisotopic (exact) mass is 270 g/mol. The third kappa shape index (κ3) is 1.54. The van der Waals surface area contributed by atoms with Crippen LogP contribution in [0.4, 0.5) is 0 Å². The predicted molar refractivity (Wildman–Crippen MR) is 67.7 cm³/mol. The third-order valence-electron chi connectivity index (χ3n) is 2.63. The van der Waals surface area contributed by atoms with Crippen LogP contribution in [-0.2, 0) is 11.6 Å². The van der Waals surface area contributed by atoms with Gasteiger partial charge < -0.3 is 4.57 Å². The SMILES string of the molecule is ClCc1ncn2c1CSc1cc(Cl)ccc1-2. The van der Waals surface area contributed by atoms with Crippen molar-refractivity contribution in [2.45, 2.75) is 16.5 Å². The minimum atomic E-state index is 0.464. The maximum absolute atomic E-state index is 5.98. The van der Waals surface area contributed by atoms with Crippen molar-refractivity contribution in [1.82, 2.24) is 9.55 Å². The summed E-state index contributed by atoms with van der Waals surface area (Å²) in [6.45, 7) is 0. The van der Waals surface area contributed by atoms with Gasteiger partial charge in [-0.1, -0.05) is 11.6 Å². The van der Waals surface area contributed by atoms with Gasteiger partial charge in [0, 0.05) is 15.7 Å². The molecule has 0 radical (unpaired) electrons. The van der Waals surface area contributed by atoms with Crippen LogP contribution in [0.15, 0.2) is 29.4 Å². The van der Waals surface area contributed by atoms with E-state index in [2.05, 4.69) is 9.55 Å². The minimum absolute atomic E-state index is 0.464. The smallest absolute Gasteiger partial charge is 0.0998 e. The molecule has 2 heterocycles. The summed E-state index contributed by atoms with van der Waals surface area (Å²) >= 11 is 13.6. The average molecular weight is 271 g/mol. The molecule has 1 aromatic carbocycles. The fourth-order valence-corrected chi connectivity index (χ4v) is 3.41. The molecule has 2 aromatic rings. The molecule has 0 spiro atoms. The van der Waals surface area contributed by atoms with Crippen molar-refractivity contribution in [1.29, 1.82) is 0 Å². The number of fused-ring (bicyclic) bond motifs is 3. The highest BCUT2D eigenvalue weighted by Crippen LogP contribution is 2.37. The summed E-state index contributed by atoms with van der Waals surface area (Å²) in [5.74, 6) is 1.36. The van der Waals surface area contributed by atoms with E-state index in [4.69, 9.17) is 23.2 Å². The van der Waals surface area contributed by atoms with Gasteiger partial charge in [0.05, 0.1) is 29.3 Å². The molecule has 0 unspecified atom stereocenters. The van der Waals surface area contributed by atoms with Gasteiger partial charge in [-0.05, 0) is 18.2 Å². The van der Waals surface area contributed by atoms with Gasteiger partial charge in [0.15, 0.2) is 0 Å². The normalized spacial score (nSPS) is 13.4. The van der Waals surface area contributed by atoms with Gasteiger partial charge in [-0.2, -0.15) is 0 Å². The Bertz CT molecular complexity index is 551. The molecular formula is C11H8Cl2N2S. The highest BCUT2D eigenvalue weighted by molar-refractivity contribution is 7.98. The lowest BCUT2D eigenvalue weighted by Gasteiger charge is -2.19. The second-order valence-electron chi connectivity index (χ2n) is 3.54. The van der Waals surface area contributed by atoms with Crippen LogP contribution in [0.2, 0.25) is 5.02 Å². The number of alkyl halides is 1. The first kappa shape index (κ1) is 10.5. The van der Waals surface area contributed by atoms with Crippen LogP contribution in [-0.4, -0.2) is 9.55 Å². The van der Waals surface area contributed by atoms with Gasteiger partial charge in [0.25, 0.3) is 0 Å². The van der Waals surface area contributed by atoms with Gasteiger partial charge in [0.1, 0.15) is 0 Å². The molecule has 0 N–H and O–H groups in total. The number of hydrogen-bond donors (Lipinski definition) is 0. The van der Waals surface area contributed by atoms with E-state index >= 15 is 0 Å². The largest absolute Gasteiger partial charge is 0.301 e. The summed E-state index contributed by atoms with van der Waals surface area (Å²) in [6.07, 6.45) is 1.83. The number of thioether (sulfide) groups is 1. The third-order valence-corrected chi connectivity index (χ3v) is 4.17. The highest BCUT2D eigenvalue weighted by atomic mass is 35.5. The molecule has 2 nitrogen and oxygen atoms in total. The van der Waals surface area contributed by atoms with Crippen molar-refractivity contribution in [2.75, 3.05) is 0 Å². The van der Waals surface area contributed by atoms with Crippen LogP contribution < -0.4 is 0 Å². The van der Waals surface area contributed by atoms with E-state index in [-0.39, 0.29) is 0 Å². The zero-order chi connectivity index (χ0) is 11.1. The van der Waals surface area contributed by atoms with Crippen molar-refractivity contribution >= 4 is 35.0 Å². The van der Waals surface area contributed by atoms with E-state index < -0.39 is 0 Å². The molecule has 1 aliphatic rings. The topological polar surface area (TPSA) is 17.8 Å². The van der Waals surface area contributed by atoms with Crippen LogP contribution in [0, 0.1) is 0 Å². The maximum Gasteiger partial charge on any atom is 0.0998 e. The number of imidazole rings is 1. The first-order valence-corrected chi connectivity index (χ1v) is 6.73. The summed E-state index contributed by atoms with van der Waals surface area (Å²) in [6, 6.07) is 5.91. The Labute approximate surface area is 108 Å². The Morgan fingerprint density at radius 2 is 2.31 bits per heavy atom. The van der Waals surface area contributed by atoms with Gasteiger partial charge >= 0.3 is 0 Å². The van der Waals surface area contributed by atoms with E-state index in [1.54, 1.807) is 11.8 Å². The first-order valence-electron chi connectivity index (χ1n) is 4.83. The highest BCUT2D eigenvalue weighted by Gasteiger charge is 2.19. The van der Waals surface area contributed by atoms with E-state index in [0.717, 1.165) is 22.2 Å². The fourth-order valence-electron chi connectivity index (χ4n) is 1.83. The molecule has 1 aromatic heterocycles. The number of aromatic nitrogens is 2. The number of nitrogens with zero attached hydrogens (tertiary/aromatic N) is 2. The lowest BCUT2D eigenvalue weighted by Crippen LogP contribution is -2.05. The number of halogens is 2. The molecule has 0 bridgehead atoms. The standard InChI is InChI=1S/C11H8Cl2N2S/c12-4-8-10-5-16-11-3-7(13)1-2-9(11)15(10)6-14-8/h1-3,6H,4-5H2. The van der Waals surface area contributed by atoms with Crippen LogP contribution in [0.25, 0.3) is 5.69 Å². The van der Waals surface area contributed by atoms with E-state index in [0.29, 0.717) is 5.88 Å². The maximum atomic E-state index is 5.98. The quantitative estimate of drug-likeness (QED) is 0.733. The van der Waals surface area contributed by atoms with Crippen molar-refractivity contribution in [3.8, 4) is 5.69 Å². The molecule has 16 heavy (non-hydrogen) atoms.